The van der Waals surface area contributed by atoms with E-state index in [1.165, 1.54) is 0 Å². The van der Waals surface area contributed by atoms with Gasteiger partial charge in [-0.2, -0.15) is 0 Å². The van der Waals surface area contributed by atoms with Gasteiger partial charge in [-0.25, -0.2) is 0 Å². The van der Waals surface area contributed by atoms with Crippen LogP contribution in [-0.2, 0) is 6.54 Å². The summed E-state index contributed by atoms with van der Waals surface area (Å²) in [5.41, 5.74) is 7.46. The summed E-state index contributed by atoms with van der Waals surface area (Å²) in [5, 5.41) is 21.2. The third-order valence-corrected chi connectivity index (χ3v) is 3.62. The van der Waals surface area contributed by atoms with Gasteiger partial charge >= 0.3 is 0 Å². The minimum Gasteiger partial charge on any atom is -0.409 e. The number of oxime groups is 1. The van der Waals surface area contributed by atoms with E-state index in [4.69, 9.17) is 10.9 Å². The van der Waals surface area contributed by atoms with Crippen LogP contribution in [-0.4, -0.2) is 40.2 Å². The van der Waals surface area contributed by atoms with Crippen molar-refractivity contribution in [3.63, 3.8) is 0 Å². The average molecular weight is 279 g/mol. The van der Waals surface area contributed by atoms with Crippen LogP contribution in [0.3, 0.4) is 0 Å². The van der Waals surface area contributed by atoms with Gasteiger partial charge in [0.05, 0.1) is 6.61 Å². The lowest BCUT2D eigenvalue weighted by molar-refractivity contribution is 0.136. The zero-order valence-corrected chi connectivity index (χ0v) is 12.3. The molecule has 0 saturated carbocycles. The van der Waals surface area contributed by atoms with Gasteiger partial charge in [-0.15, -0.1) is 0 Å². The SMILES string of the molecule is CCC(CC)N(CCO)Cc1ccccc1C(N)=NO. The molecule has 5 heteroatoms. The maximum absolute atomic E-state index is 9.25. The number of rotatable bonds is 8. The minimum atomic E-state index is 0.120. The molecule has 1 rings (SSSR count). The normalized spacial score (nSPS) is 12.3. The van der Waals surface area contributed by atoms with Gasteiger partial charge in [0.1, 0.15) is 0 Å². The Morgan fingerprint density at radius 3 is 2.50 bits per heavy atom. The highest BCUT2D eigenvalue weighted by atomic mass is 16.4. The molecule has 1 aromatic carbocycles. The summed E-state index contributed by atoms with van der Waals surface area (Å²) in [6.07, 6.45) is 2.06. The van der Waals surface area contributed by atoms with E-state index in [-0.39, 0.29) is 12.4 Å². The highest BCUT2D eigenvalue weighted by Crippen LogP contribution is 2.16. The third kappa shape index (κ3) is 4.21. The Morgan fingerprint density at radius 2 is 1.95 bits per heavy atom. The topological polar surface area (TPSA) is 82.1 Å². The zero-order valence-electron chi connectivity index (χ0n) is 12.3. The molecule has 0 unspecified atom stereocenters. The Morgan fingerprint density at radius 1 is 1.30 bits per heavy atom. The van der Waals surface area contributed by atoms with E-state index >= 15 is 0 Å². The van der Waals surface area contributed by atoms with Crippen LogP contribution in [0.2, 0.25) is 0 Å². The number of aliphatic hydroxyl groups is 1. The standard InChI is InChI=1S/C15H25N3O2/c1-3-13(4-2)18(9-10-19)11-12-7-5-6-8-14(12)15(16)17-20/h5-8,13,19-20H,3-4,9-11H2,1-2H3,(H2,16,17). The van der Waals surface area contributed by atoms with E-state index in [9.17, 15) is 5.11 Å². The van der Waals surface area contributed by atoms with Gasteiger partial charge in [0.2, 0.25) is 0 Å². The van der Waals surface area contributed by atoms with Crippen molar-refractivity contribution in [1.29, 1.82) is 0 Å². The fourth-order valence-electron chi connectivity index (χ4n) is 2.50. The molecule has 0 spiro atoms. The monoisotopic (exact) mass is 279 g/mol. The number of amidine groups is 1. The Balaban J connectivity index is 2.99. The Labute approximate surface area is 120 Å². The summed E-state index contributed by atoms with van der Waals surface area (Å²) >= 11 is 0. The second kappa shape index (κ2) is 8.55. The van der Waals surface area contributed by atoms with Gasteiger partial charge in [0.15, 0.2) is 5.84 Å². The predicted molar refractivity (Wildman–Crippen MR) is 80.8 cm³/mol. The first-order valence-corrected chi connectivity index (χ1v) is 7.08. The van der Waals surface area contributed by atoms with Crippen LogP contribution in [0.1, 0.15) is 37.8 Å². The first-order chi connectivity index (χ1) is 9.67. The summed E-state index contributed by atoms with van der Waals surface area (Å²) in [4.78, 5) is 2.24. The number of nitrogens with two attached hydrogens (primary N) is 1. The molecule has 4 N–H and O–H groups in total. The minimum absolute atomic E-state index is 0.120. The van der Waals surface area contributed by atoms with E-state index in [1.54, 1.807) is 0 Å². The first kappa shape index (κ1) is 16.5. The van der Waals surface area contributed by atoms with E-state index in [1.807, 2.05) is 24.3 Å². The molecule has 0 fully saturated rings. The second-order valence-electron chi connectivity index (χ2n) is 4.81. The summed E-state index contributed by atoms with van der Waals surface area (Å²) in [6.45, 7) is 5.72. The molecule has 0 aromatic heterocycles. The first-order valence-electron chi connectivity index (χ1n) is 7.08. The van der Waals surface area contributed by atoms with Crippen molar-refractivity contribution in [2.24, 2.45) is 10.9 Å². The summed E-state index contributed by atoms with van der Waals surface area (Å²) in [7, 11) is 0. The van der Waals surface area contributed by atoms with E-state index < -0.39 is 0 Å². The van der Waals surface area contributed by atoms with E-state index in [0.717, 1.165) is 24.0 Å². The van der Waals surface area contributed by atoms with Crippen molar-refractivity contribution in [1.82, 2.24) is 4.90 Å². The molecule has 0 heterocycles. The van der Waals surface area contributed by atoms with Gasteiger partial charge in [0.25, 0.3) is 0 Å². The highest BCUT2D eigenvalue weighted by molar-refractivity contribution is 5.98. The number of aliphatic hydroxyl groups excluding tert-OH is 1. The highest BCUT2D eigenvalue weighted by Gasteiger charge is 2.17. The molecule has 0 radical (unpaired) electrons. The Hall–Kier alpha value is -1.59. The second-order valence-corrected chi connectivity index (χ2v) is 4.81. The number of hydrogen-bond donors (Lipinski definition) is 3. The Bertz CT molecular complexity index is 431. The number of benzene rings is 1. The number of hydrogen-bond acceptors (Lipinski definition) is 4. The quantitative estimate of drug-likeness (QED) is 0.293. The van der Waals surface area contributed by atoms with Crippen LogP contribution >= 0.6 is 0 Å². The largest absolute Gasteiger partial charge is 0.409 e. The lowest BCUT2D eigenvalue weighted by atomic mass is 10.0. The molecule has 5 nitrogen and oxygen atoms in total. The van der Waals surface area contributed by atoms with E-state index in [2.05, 4.69) is 23.9 Å². The fraction of sp³-hybridized carbons (Fsp3) is 0.533. The zero-order chi connectivity index (χ0) is 15.0. The van der Waals surface area contributed by atoms with Crippen molar-refractivity contribution < 1.29 is 10.3 Å². The van der Waals surface area contributed by atoms with Crippen molar-refractivity contribution in [3.05, 3.63) is 35.4 Å². The molecule has 1 aromatic rings. The van der Waals surface area contributed by atoms with Gasteiger partial charge in [0, 0.05) is 24.7 Å². The van der Waals surface area contributed by atoms with Crippen molar-refractivity contribution >= 4 is 5.84 Å². The van der Waals surface area contributed by atoms with E-state index in [0.29, 0.717) is 19.1 Å². The molecule has 0 aliphatic heterocycles. The van der Waals surface area contributed by atoms with Crippen LogP contribution in [0, 0.1) is 0 Å². The van der Waals surface area contributed by atoms with Crippen LogP contribution in [0.4, 0.5) is 0 Å². The van der Waals surface area contributed by atoms with Crippen LogP contribution in [0.15, 0.2) is 29.4 Å². The molecular formula is C15H25N3O2. The van der Waals surface area contributed by atoms with Gasteiger partial charge < -0.3 is 16.0 Å². The van der Waals surface area contributed by atoms with Crippen LogP contribution < -0.4 is 5.73 Å². The van der Waals surface area contributed by atoms with Crippen molar-refractivity contribution in [3.8, 4) is 0 Å². The summed E-state index contributed by atoms with van der Waals surface area (Å²) in [6, 6.07) is 8.04. The summed E-state index contributed by atoms with van der Waals surface area (Å²) in [5.74, 6) is 0.120. The van der Waals surface area contributed by atoms with Crippen LogP contribution in [0.25, 0.3) is 0 Å². The smallest absolute Gasteiger partial charge is 0.170 e. The molecule has 0 aliphatic rings. The Kier molecular flexibility index (Phi) is 7.04. The molecule has 0 saturated heterocycles. The third-order valence-electron chi connectivity index (χ3n) is 3.62. The van der Waals surface area contributed by atoms with Crippen LogP contribution in [0.5, 0.6) is 0 Å². The molecular weight excluding hydrogens is 254 g/mol. The fourth-order valence-corrected chi connectivity index (χ4v) is 2.50. The maximum Gasteiger partial charge on any atom is 0.170 e. The van der Waals surface area contributed by atoms with Gasteiger partial charge in [-0.05, 0) is 18.4 Å². The van der Waals surface area contributed by atoms with Gasteiger partial charge in [-0.1, -0.05) is 43.3 Å². The molecule has 112 valence electrons. The maximum atomic E-state index is 9.25. The lowest BCUT2D eigenvalue weighted by Gasteiger charge is -2.30. The molecule has 0 atom stereocenters. The number of nitrogens with zero attached hydrogens (tertiary/aromatic N) is 2. The van der Waals surface area contributed by atoms with Crippen molar-refractivity contribution in [2.75, 3.05) is 13.2 Å². The molecule has 0 amide bonds. The lowest BCUT2D eigenvalue weighted by Crippen LogP contribution is -2.36. The summed E-state index contributed by atoms with van der Waals surface area (Å²) < 4.78 is 0. The van der Waals surface area contributed by atoms with Gasteiger partial charge in [-0.3, -0.25) is 4.90 Å². The average Bonchev–Trinajstić information content (AvgIpc) is 2.48. The predicted octanol–water partition coefficient (Wildman–Crippen LogP) is 1.76. The molecule has 0 bridgehead atoms. The van der Waals surface area contributed by atoms with Crippen molar-refractivity contribution in [2.45, 2.75) is 39.3 Å². The molecule has 0 aliphatic carbocycles. The molecule has 20 heavy (non-hydrogen) atoms.